The standard InChI is InChI=1S/C19H23ClO5/c1-10-6-5-7-19(3,4)11(2)25-15(23)8-12-16(18(10)24)13(21)9-14(22)17(12)20/h6,9,11,21-22H,5,7-8H2,1-4H3/b10-6+. The summed E-state index contributed by atoms with van der Waals surface area (Å²) in [5.41, 5.74) is 0.201. The molecule has 0 spiro atoms. The van der Waals surface area contributed by atoms with E-state index in [2.05, 4.69) is 0 Å². The Bertz CT molecular complexity index is 749. The lowest BCUT2D eigenvalue weighted by Crippen LogP contribution is -2.32. The van der Waals surface area contributed by atoms with Crippen molar-refractivity contribution >= 4 is 23.4 Å². The van der Waals surface area contributed by atoms with Crippen molar-refractivity contribution < 1.29 is 24.5 Å². The van der Waals surface area contributed by atoms with Gasteiger partial charge in [0.2, 0.25) is 0 Å². The second-order valence-electron chi connectivity index (χ2n) is 7.13. The average molecular weight is 367 g/mol. The fourth-order valence-electron chi connectivity index (χ4n) is 2.80. The zero-order valence-electron chi connectivity index (χ0n) is 14.9. The van der Waals surface area contributed by atoms with Crippen LogP contribution in [-0.4, -0.2) is 28.1 Å². The molecule has 2 rings (SSSR count). The van der Waals surface area contributed by atoms with Gasteiger partial charge in [-0.05, 0) is 32.3 Å². The molecule has 1 atom stereocenters. The van der Waals surface area contributed by atoms with Gasteiger partial charge in [-0.25, -0.2) is 0 Å². The van der Waals surface area contributed by atoms with Gasteiger partial charge in [-0.2, -0.15) is 0 Å². The number of ether oxygens (including phenoxy) is 1. The Morgan fingerprint density at radius 2 is 1.88 bits per heavy atom. The number of esters is 1. The van der Waals surface area contributed by atoms with Crippen molar-refractivity contribution in [3.05, 3.63) is 33.9 Å². The normalized spacial score (nSPS) is 23.6. The van der Waals surface area contributed by atoms with E-state index in [4.69, 9.17) is 16.3 Å². The van der Waals surface area contributed by atoms with Crippen molar-refractivity contribution in [1.82, 2.24) is 0 Å². The van der Waals surface area contributed by atoms with Crippen molar-refractivity contribution in [2.24, 2.45) is 5.41 Å². The van der Waals surface area contributed by atoms with Gasteiger partial charge in [0.25, 0.3) is 0 Å². The second kappa shape index (κ2) is 7.08. The zero-order valence-corrected chi connectivity index (χ0v) is 15.6. The van der Waals surface area contributed by atoms with Crippen LogP contribution in [-0.2, 0) is 16.0 Å². The van der Waals surface area contributed by atoms with Crippen LogP contribution in [0.3, 0.4) is 0 Å². The van der Waals surface area contributed by atoms with Gasteiger partial charge in [0, 0.05) is 17.0 Å². The first-order valence-electron chi connectivity index (χ1n) is 8.19. The van der Waals surface area contributed by atoms with Crippen LogP contribution in [0.15, 0.2) is 17.7 Å². The second-order valence-corrected chi connectivity index (χ2v) is 7.51. The van der Waals surface area contributed by atoms with E-state index in [1.807, 2.05) is 26.8 Å². The lowest BCUT2D eigenvalue weighted by Gasteiger charge is -2.31. The molecule has 1 aliphatic rings. The summed E-state index contributed by atoms with van der Waals surface area (Å²) in [6.45, 7) is 7.49. The largest absolute Gasteiger partial charge is 0.507 e. The van der Waals surface area contributed by atoms with Gasteiger partial charge in [0.1, 0.15) is 17.6 Å². The number of hydrogen-bond donors (Lipinski definition) is 2. The highest BCUT2D eigenvalue weighted by atomic mass is 35.5. The van der Waals surface area contributed by atoms with Crippen molar-refractivity contribution in [1.29, 1.82) is 0 Å². The summed E-state index contributed by atoms with van der Waals surface area (Å²) in [6, 6.07) is 1.01. The molecule has 25 heavy (non-hydrogen) atoms. The van der Waals surface area contributed by atoms with E-state index in [0.717, 1.165) is 12.5 Å². The van der Waals surface area contributed by atoms with Crippen LogP contribution >= 0.6 is 11.6 Å². The van der Waals surface area contributed by atoms with Gasteiger partial charge in [0.05, 0.1) is 17.0 Å². The summed E-state index contributed by atoms with van der Waals surface area (Å²) in [6.07, 6.45) is 2.53. The Labute approximate surface area is 152 Å². The minimum absolute atomic E-state index is 0.0685. The molecular weight excluding hydrogens is 344 g/mol. The molecule has 1 aromatic carbocycles. The smallest absolute Gasteiger partial charge is 0.310 e. The maximum atomic E-state index is 12.7. The minimum Gasteiger partial charge on any atom is -0.507 e. The molecule has 0 radical (unpaired) electrons. The monoisotopic (exact) mass is 366 g/mol. The first kappa shape index (κ1) is 19.3. The molecule has 6 heteroatoms. The summed E-state index contributed by atoms with van der Waals surface area (Å²) in [5, 5.41) is 19.9. The number of carbonyl (C=O) groups is 2. The van der Waals surface area contributed by atoms with Gasteiger partial charge in [-0.15, -0.1) is 0 Å². The number of fused-ring (bicyclic) bond motifs is 1. The molecule has 1 unspecified atom stereocenters. The maximum absolute atomic E-state index is 12.7. The lowest BCUT2D eigenvalue weighted by atomic mass is 9.82. The first-order chi connectivity index (χ1) is 11.5. The summed E-state index contributed by atoms with van der Waals surface area (Å²) in [7, 11) is 0. The first-order valence-corrected chi connectivity index (χ1v) is 8.56. The number of cyclic esters (lactones) is 1. The molecule has 2 N–H and O–H groups in total. The summed E-state index contributed by atoms with van der Waals surface area (Å²) >= 11 is 6.11. The van der Waals surface area contributed by atoms with Crippen LogP contribution in [0, 0.1) is 5.41 Å². The van der Waals surface area contributed by atoms with Gasteiger partial charge >= 0.3 is 5.97 Å². The summed E-state index contributed by atoms with van der Waals surface area (Å²) in [4.78, 5) is 25.1. The van der Waals surface area contributed by atoms with Gasteiger partial charge in [0.15, 0.2) is 5.78 Å². The number of phenolic OH excluding ortho intramolecular Hbond substituents is 2. The van der Waals surface area contributed by atoms with Crippen LogP contribution in [0.4, 0.5) is 0 Å². The number of benzene rings is 1. The molecule has 5 nitrogen and oxygen atoms in total. The van der Waals surface area contributed by atoms with Crippen LogP contribution in [0.2, 0.25) is 5.02 Å². The van der Waals surface area contributed by atoms with Crippen molar-refractivity contribution in [3.8, 4) is 11.5 Å². The Hall–Kier alpha value is -2.01. The molecule has 1 aliphatic heterocycles. The van der Waals surface area contributed by atoms with Crippen LogP contribution in [0.5, 0.6) is 11.5 Å². The van der Waals surface area contributed by atoms with Gasteiger partial charge < -0.3 is 14.9 Å². The third-order valence-corrected chi connectivity index (χ3v) is 5.30. The topological polar surface area (TPSA) is 83.8 Å². The molecule has 1 heterocycles. The molecular formula is C19H23ClO5. The average Bonchev–Trinajstić information content (AvgIpc) is 2.50. The SMILES string of the molecule is C/C1=C\CCC(C)(C)C(C)OC(=O)Cc2c(Cl)c(O)cc(O)c2C1=O. The predicted molar refractivity (Wildman–Crippen MR) is 95.1 cm³/mol. The Balaban J connectivity index is 2.61. The van der Waals surface area contributed by atoms with E-state index >= 15 is 0 Å². The number of Topliss-reactive ketones (excluding diaryl/α,β-unsaturated/α-hetero) is 1. The summed E-state index contributed by atoms with van der Waals surface area (Å²) in [5.74, 6) is -1.79. The van der Waals surface area contributed by atoms with Crippen molar-refractivity contribution in [2.75, 3.05) is 0 Å². The predicted octanol–water partition coefficient (Wildman–Crippen LogP) is 4.17. The number of rotatable bonds is 0. The van der Waals surface area contributed by atoms with Crippen LogP contribution in [0.25, 0.3) is 0 Å². The third kappa shape index (κ3) is 3.98. The van der Waals surface area contributed by atoms with E-state index in [0.29, 0.717) is 12.0 Å². The highest BCUT2D eigenvalue weighted by Gasteiger charge is 2.31. The highest BCUT2D eigenvalue weighted by molar-refractivity contribution is 6.34. The minimum atomic E-state index is -0.566. The molecule has 0 amide bonds. The molecule has 1 aromatic rings. The van der Waals surface area contributed by atoms with E-state index in [1.165, 1.54) is 0 Å². The Kier molecular flexibility index (Phi) is 5.47. The van der Waals surface area contributed by atoms with E-state index in [9.17, 15) is 19.8 Å². The van der Waals surface area contributed by atoms with E-state index in [-0.39, 0.29) is 39.8 Å². The molecule has 136 valence electrons. The number of halogens is 1. The lowest BCUT2D eigenvalue weighted by molar-refractivity contribution is -0.153. The molecule has 0 saturated carbocycles. The van der Waals surface area contributed by atoms with Crippen LogP contribution < -0.4 is 0 Å². The van der Waals surface area contributed by atoms with Crippen molar-refractivity contribution in [2.45, 2.75) is 53.1 Å². The molecule has 0 aliphatic carbocycles. The van der Waals surface area contributed by atoms with Gasteiger partial charge in [-0.3, -0.25) is 9.59 Å². The fraction of sp³-hybridized carbons (Fsp3) is 0.474. The fourth-order valence-corrected chi connectivity index (χ4v) is 3.02. The maximum Gasteiger partial charge on any atom is 0.310 e. The Morgan fingerprint density at radius 1 is 1.24 bits per heavy atom. The Morgan fingerprint density at radius 3 is 2.52 bits per heavy atom. The van der Waals surface area contributed by atoms with Crippen molar-refractivity contribution in [3.63, 3.8) is 0 Å². The number of allylic oxidation sites excluding steroid dienone is 2. The number of ketones is 1. The number of phenols is 2. The van der Waals surface area contributed by atoms with Crippen LogP contribution in [0.1, 0.15) is 56.5 Å². The molecule has 0 fully saturated rings. The number of carbonyl (C=O) groups excluding carboxylic acids is 2. The number of hydrogen-bond acceptors (Lipinski definition) is 5. The zero-order chi connectivity index (χ0) is 18.9. The van der Waals surface area contributed by atoms with E-state index < -0.39 is 17.5 Å². The molecule has 0 saturated heterocycles. The molecule has 0 aromatic heterocycles. The van der Waals surface area contributed by atoms with E-state index in [1.54, 1.807) is 6.92 Å². The quantitative estimate of drug-likeness (QED) is 0.673. The molecule has 0 bridgehead atoms. The van der Waals surface area contributed by atoms with Gasteiger partial charge in [-0.1, -0.05) is 31.5 Å². The number of aromatic hydroxyl groups is 2. The summed E-state index contributed by atoms with van der Waals surface area (Å²) < 4.78 is 5.50. The highest BCUT2D eigenvalue weighted by Crippen LogP contribution is 2.38. The third-order valence-electron chi connectivity index (χ3n) is 4.88.